The summed E-state index contributed by atoms with van der Waals surface area (Å²) in [6.45, 7) is 3.37. The average Bonchev–Trinajstić information content (AvgIpc) is 2.98. The van der Waals surface area contributed by atoms with Crippen molar-refractivity contribution in [2.24, 2.45) is 5.92 Å². The molecule has 8 heteroatoms. The second kappa shape index (κ2) is 5.01. The lowest BCUT2D eigenvalue weighted by Gasteiger charge is -2.12. The molecule has 5 nitrogen and oxygen atoms in total. The molecule has 112 valence electrons. The summed E-state index contributed by atoms with van der Waals surface area (Å²) in [5.41, 5.74) is -0.740. The molecule has 0 aromatic carbocycles. The third-order valence-electron chi connectivity index (χ3n) is 3.59. The summed E-state index contributed by atoms with van der Waals surface area (Å²) < 4.78 is 39.3. The van der Waals surface area contributed by atoms with Crippen molar-refractivity contribution in [3.8, 4) is 0 Å². The molecule has 1 unspecified atom stereocenters. The number of nitrogens with zero attached hydrogens (tertiary/aromatic N) is 4. The number of nitrogens with one attached hydrogen (secondary N) is 1. The largest absolute Gasteiger partial charge is 0.417 e. The van der Waals surface area contributed by atoms with Gasteiger partial charge < -0.3 is 9.88 Å². The van der Waals surface area contributed by atoms with Crippen LogP contribution in [0.15, 0.2) is 18.3 Å². The van der Waals surface area contributed by atoms with Crippen molar-refractivity contribution in [1.82, 2.24) is 19.7 Å². The summed E-state index contributed by atoms with van der Waals surface area (Å²) in [5, 5.41) is 11.2. The summed E-state index contributed by atoms with van der Waals surface area (Å²) in [5.74, 6) is 2.64. The highest BCUT2D eigenvalue weighted by molar-refractivity contribution is 5.36. The molecule has 0 amide bonds. The summed E-state index contributed by atoms with van der Waals surface area (Å²) in [6.07, 6.45) is -2.69. The molecular weight excluding hydrogens is 283 g/mol. The molecule has 0 fully saturated rings. The highest BCUT2D eigenvalue weighted by atomic mass is 19.4. The second-order valence-corrected chi connectivity index (χ2v) is 5.15. The predicted octanol–water partition coefficient (Wildman–Crippen LogP) is 2.28. The van der Waals surface area contributed by atoms with Crippen molar-refractivity contribution >= 4 is 5.82 Å². The molecule has 0 saturated carbocycles. The summed E-state index contributed by atoms with van der Waals surface area (Å²) >= 11 is 0. The van der Waals surface area contributed by atoms with Crippen LogP contribution in [0.4, 0.5) is 19.0 Å². The molecule has 3 heterocycles. The Labute approximate surface area is 119 Å². The number of aromatic nitrogens is 4. The SMILES string of the molecule is Cc1nnc2n1CC(CNc1ccc(C(F)(F)F)cn1)C2. The van der Waals surface area contributed by atoms with Crippen molar-refractivity contribution in [3.63, 3.8) is 0 Å². The lowest BCUT2D eigenvalue weighted by atomic mass is 10.1. The third-order valence-corrected chi connectivity index (χ3v) is 3.59. The summed E-state index contributed by atoms with van der Waals surface area (Å²) in [7, 11) is 0. The lowest BCUT2D eigenvalue weighted by Crippen LogP contribution is -2.17. The zero-order chi connectivity index (χ0) is 15.0. The van der Waals surface area contributed by atoms with Crippen molar-refractivity contribution < 1.29 is 13.2 Å². The molecule has 0 radical (unpaired) electrons. The van der Waals surface area contributed by atoms with Crippen molar-refractivity contribution in [2.45, 2.75) is 26.1 Å². The fourth-order valence-electron chi connectivity index (χ4n) is 2.45. The van der Waals surface area contributed by atoms with E-state index < -0.39 is 11.7 Å². The minimum absolute atomic E-state index is 0.346. The van der Waals surface area contributed by atoms with E-state index in [9.17, 15) is 13.2 Å². The van der Waals surface area contributed by atoms with Crippen molar-refractivity contribution in [2.75, 3.05) is 11.9 Å². The van der Waals surface area contributed by atoms with Crippen LogP contribution >= 0.6 is 0 Å². The lowest BCUT2D eigenvalue weighted by molar-refractivity contribution is -0.137. The Balaban J connectivity index is 1.57. The molecule has 1 aliphatic heterocycles. The topological polar surface area (TPSA) is 55.6 Å². The van der Waals surface area contributed by atoms with Crippen molar-refractivity contribution in [3.05, 3.63) is 35.5 Å². The number of hydrogen-bond acceptors (Lipinski definition) is 4. The number of fused-ring (bicyclic) bond motifs is 1. The highest BCUT2D eigenvalue weighted by Gasteiger charge is 2.30. The van der Waals surface area contributed by atoms with Crippen LogP contribution in [0.5, 0.6) is 0 Å². The number of pyridine rings is 1. The number of alkyl halides is 3. The maximum Gasteiger partial charge on any atom is 0.417 e. The van der Waals surface area contributed by atoms with Crippen molar-refractivity contribution in [1.29, 1.82) is 0 Å². The Morgan fingerprint density at radius 3 is 2.76 bits per heavy atom. The normalized spacial score (nSPS) is 17.8. The van der Waals surface area contributed by atoms with Gasteiger partial charge in [0.25, 0.3) is 0 Å². The van der Waals surface area contributed by atoms with Gasteiger partial charge in [-0.15, -0.1) is 10.2 Å². The Bertz CT molecular complexity index is 632. The fraction of sp³-hybridized carbons (Fsp3) is 0.462. The molecule has 0 saturated heterocycles. The number of hydrogen-bond donors (Lipinski definition) is 1. The fourth-order valence-corrected chi connectivity index (χ4v) is 2.45. The van der Waals surface area contributed by atoms with E-state index in [1.807, 2.05) is 6.92 Å². The Hall–Kier alpha value is -2.12. The van der Waals surface area contributed by atoms with E-state index in [1.54, 1.807) is 0 Å². The van der Waals surface area contributed by atoms with E-state index in [2.05, 4.69) is 25.1 Å². The van der Waals surface area contributed by atoms with E-state index in [0.717, 1.165) is 36.9 Å². The van der Waals surface area contributed by atoms with Crippen LogP contribution in [-0.4, -0.2) is 26.3 Å². The Kier molecular flexibility index (Phi) is 3.30. The van der Waals surface area contributed by atoms with Gasteiger partial charge in [0.1, 0.15) is 17.5 Å². The van der Waals surface area contributed by atoms with Gasteiger partial charge in [-0.3, -0.25) is 0 Å². The first kappa shape index (κ1) is 13.8. The van der Waals surface area contributed by atoms with Gasteiger partial charge in [-0.2, -0.15) is 13.2 Å². The highest BCUT2D eigenvalue weighted by Crippen LogP contribution is 2.29. The molecule has 3 rings (SSSR count). The monoisotopic (exact) mass is 297 g/mol. The smallest absolute Gasteiger partial charge is 0.370 e. The van der Waals surface area contributed by atoms with Crippen LogP contribution in [0.1, 0.15) is 17.2 Å². The minimum atomic E-state index is -4.35. The van der Waals surface area contributed by atoms with Crippen LogP contribution in [0.3, 0.4) is 0 Å². The molecule has 2 aromatic heterocycles. The Morgan fingerprint density at radius 2 is 2.14 bits per heavy atom. The van der Waals surface area contributed by atoms with Gasteiger partial charge in [-0.1, -0.05) is 0 Å². The van der Waals surface area contributed by atoms with Crippen LogP contribution < -0.4 is 5.32 Å². The van der Waals surface area contributed by atoms with Gasteiger partial charge in [0.15, 0.2) is 0 Å². The molecule has 0 bridgehead atoms. The first-order valence-electron chi connectivity index (χ1n) is 6.59. The first-order valence-corrected chi connectivity index (χ1v) is 6.59. The molecule has 21 heavy (non-hydrogen) atoms. The molecule has 1 aliphatic rings. The average molecular weight is 297 g/mol. The van der Waals surface area contributed by atoms with Crippen LogP contribution in [0, 0.1) is 12.8 Å². The van der Waals surface area contributed by atoms with Gasteiger partial charge in [0, 0.05) is 31.6 Å². The number of halogens is 3. The van der Waals surface area contributed by atoms with Crippen LogP contribution in [0.2, 0.25) is 0 Å². The van der Waals surface area contributed by atoms with E-state index in [0.29, 0.717) is 18.3 Å². The van der Waals surface area contributed by atoms with Gasteiger partial charge >= 0.3 is 6.18 Å². The van der Waals surface area contributed by atoms with Gasteiger partial charge in [0.05, 0.1) is 5.56 Å². The minimum Gasteiger partial charge on any atom is -0.370 e. The van der Waals surface area contributed by atoms with Crippen LogP contribution in [0.25, 0.3) is 0 Å². The van der Waals surface area contributed by atoms with E-state index in [-0.39, 0.29) is 0 Å². The molecule has 1 atom stereocenters. The number of aryl methyl sites for hydroxylation is 1. The number of anilines is 1. The van der Waals surface area contributed by atoms with E-state index in [4.69, 9.17) is 0 Å². The molecule has 2 aromatic rings. The predicted molar refractivity (Wildman–Crippen MR) is 69.7 cm³/mol. The van der Waals surface area contributed by atoms with Gasteiger partial charge in [0.2, 0.25) is 0 Å². The second-order valence-electron chi connectivity index (χ2n) is 5.15. The molecular formula is C13H14F3N5. The van der Waals surface area contributed by atoms with E-state index in [1.165, 1.54) is 6.07 Å². The number of rotatable bonds is 3. The van der Waals surface area contributed by atoms with Crippen LogP contribution in [-0.2, 0) is 19.1 Å². The maximum absolute atomic E-state index is 12.4. The standard InChI is InChI=1S/C13H14F3N5/c1-8-19-20-12-4-9(7-21(8)12)5-17-11-3-2-10(6-18-11)13(14,15)16/h2-3,6,9H,4-5,7H2,1H3,(H,17,18). The van der Waals surface area contributed by atoms with Gasteiger partial charge in [-0.05, 0) is 19.1 Å². The zero-order valence-corrected chi connectivity index (χ0v) is 11.4. The molecule has 1 N–H and O–H groups in total. The molecule has 0 spiro atoms. The zero-order valence-electron chi connectivity index (χ0n) is 11.4. The van der Waals surface area contributed by atoms with E-state index >= 15 is 0 Å². The third kappa shape index (κ3) is 2.84. The first-order chi connectivity index (χ1) is 9.93. The van der Waals surface area contributed by atoms with Gasteiger partial charge in [-0.25, -0.2) is 4.98 Å². The maximum atomic E-state index is 12.4. The summed E-state index contributed by atoms with van der Waals surface area (Å²) in [6, 6.07) is 2.38. The molecule has 0 aliphatic carbocycles. The quantitative estimate of drug-likeness (QED) is 0.944. The Morgan fingerprint density at radius 1 is 1.33 bits per heavy atom. The summed E-state index contributed by atoms with van der Waals surface area (Å²) in [4.78, 5) is 3.79.